The van der Waals surface area contributed by atoms with Crippen molar-refractivity contribution in [2.45, 2.75) is 59.0 Å². The van der Waals surface area contributed by atoms with Crippen molar-refractivity contribution in [3.63, 3.8) is 0 Å². The van der Waals surface area contributed by atoms with Crippen molar-refractivity contribution in [1.29, 1.82) is 0 Å². The molecule has 36 heavy (non-hydrogen) atoms. The summed E-state index contributed by atoms with van der Waals surface area (Å²) in [6.45, 7) is 7.71. The van der Waals surface area contributed by atoms with Gasteiger partial charge in [0.05, 0.1) is 38.2 Å². The summed E-state index contributed by atoms with van der Waals surface area (Å²) < 4.78 is 10.6. The molecule has 2 amide bonds. The van der Waals surface area contributed by atoms with Crippen molar-refractivity contribution in [2.75, 3.05) is 25.6 Å². The number of hydrogen-bond donors (Lipinski definition) is 2. The maximum Gasteiger partial charge on any atom is 0.310 e. The number of methoxy groups -OCH3 is 1. The SMILES string of the molecule is CCC[C@@H]1C=C[C@H]2[C@H](C(=O)N([C@@H](CO)[C@@H](C)CC)[C@@H]2C(=O)Nc2ccc(OC)cc2)[C@@H]1C(=O)OCC. The summed E-state index contributed by atoms with van der Waals surface area (Å²) in [5.41, 5.74) is 0.575. The Bertz CT molecular complexity index is 946. The number of anilines is 1. The highest BCUT2D eigenvalue weighted by Gasteiger charge is 2.59. The molecule has 1 aromatic rings. The van der Waals surface area contributed by atoms with Crippen LogP contribution in [0.4, 0.5) is 5.69 Å². The van der Waals surface area contributed by atoms with Gasteiger partial charge in [0.2, 0.25) is 11.8 Å². The van der Waals surface area contributed by atoms with Crippen molar-refractivity contribution in [3.05, 3.63) is 36.4 Å². The number of carbonyl (C=O) groups excluding carboxylic acids is 3. The van der Waals surface area contributed by atoms with Gasteiger partial charge in [0.15, 0.2) is 0 Å². The molecule has 3 rings (SSSR count). The standard InChI is InChI=1S/C28H40N2O6/c1-6-9-18-10-15-21-24(23(18)28(34)36-8-3)27(33)30(22(16-31)17(4)7-2)25(21)26(32)29-19-11-13-20(35-5)14-12-19/h10-15,17-18,21-25,31H,6-9,16H2,1-5H3,(H,29,32)/t17-,18+,21-,22-,23+,24-,25-/m0/s1. The Labute approximate surface area is 214 Å². The van der Waals surface area contributed by atoms with Gasteiger partial charge in [0.1, 0.15) is 11.8 Å². The number of amides is 2. The smallest absolute Gasteiger partial charge is 0.310 e. The van der Waals surface area contributed by atoms with Gasteiger partial charge in [-0.05, 0) is 49.4 Å². The Morgan fingerprint density at radius 1 is 1.14 bits per heavy atom. The molecule has 1 aromatic carbocycles. The summed E-state index contributed by atoms with van der Waals surface area (Å²) in [5, 5.41) is 13.3. The maximum atomic E-state index is 14.1. The lowest BCUT2D eigenvalue weighted by atomic mass is 9.69. The molecule has 0 bridgehead atoms. The van der Waals surface area contributed by atoms with E-state index >= 15 is 0 Å². The van der Waals surface area contributed by atoms with E-state index in [0.29, 0.717) is 11.4 Å². The number of fused-ring (bicyclic) bond motifs is 1. The first-order valence-corrected chi connectivity index (χ1v) is 13.1. The summed E-state index contributed by atoms with van der Waals surface area (Å²) in [4.78, 5) is 42.5. The van der Waals surface area contributed by atoms with E-state index in [-0.39, 0.29) is 36.9 Å². The summed E-state index contributed by atoms with van der Waals surface area (Å²) in [7, 11) is 1.57. The third-order valence-corrected chi connectivity index (χ3v) is 7.70. The summed E-state index contributed by atoms with van der Waals surface area (Å²) in [5.74, 6) is -2.40. The second kappa shape index (κ2) is 12.4. The molecule has 2 aliphatic rings. The van der Waals surface area contributed by atoms with E-state index in [1.54, 1.807) is 43.2 Å². The Morgan fingerprint density at radius 3 is 2.39 bits per heavy atom. The fourth-order valence-corrected chi connectivity index (χ4v) is 5.68. The summed E-state index contributed by atoms with van der Waals surface area (Å²) >= 11 is 0. The molecule has 0 unspecified atom stereocenters. The minimum absolute atomic E-state index is 0.0353. The molecule has 0 radical (unpaired) electrons. The van der Waals surface area contributed by atoms with E-state index < -0.39 is 35.8 Å². The molecular weight excluding hydrogens is 460 g/mol. The van der Waals surface area contributed by atoms with Crippen molar-refractivity contribution in [3.8, 4) is 5.75 Å². The van der Waals surface area contributed by atoms with E-state index in [9.17, 15) is 19.5 Å². The molecule has 8 nitrogen and oxygen atoms in total. The van der Waals surface area contributed by atoms with Crippen LogP contribution in [0.2, 0.25) is 0 Å². The number of ether oxygens (including phenoxy) is 2. The average molecular weight is 501 g/mol. The largest absolute Gasteiger partial charge is 0.497 e. The van der Waals surface area contributed by atoms with Gasteiger partial charge in [0.25, 0.3) is 0 Å². The maximum absolute atomic E-state index is 14.1. The number of aliphatic hydroxyl groups excluding tert-OH is 1. The van der Waals surface area contributed by atoms with Crippen molar-refractivity contribution in [2.24, 2.45) is 29.6 Å². The Morgan fingerprint density at radius 2 is 1.83 bits per heavy atom. The van der Waals surface area contributed by atoms with Gasteiger partial charge < -0.3 is 24.8 Å². The predicted octanol–water partition coefficient (Wildman–Crippen LogP) is 3.65. The molecule has 1 saturated heterocycles. The zero-order valence-electron chi connectivity index (χ0n) is 22.0. The van der Waals surface area contributed by atoms with Crippen molar-refractivity contribution in [1.82, 2.24) is 4.90 Å². The zero-order chi connectivity index (χ0) is 26.4. The van der Waals surface area contributed by atoms with Crippen LogP contribution in [0.5, 0.6) is 5.75 Å². The number of nitrogens with one attached hydrogen (secondary N) is 1. The third-order valence-electron chi connectivity index (χ3n) is 7.70. The molecule has 0 saturated carbocycles. The number of likely N-dealkylation sites (tertiary alicyclic amines) is 1. The first kappa shape index (κ1) is 27.7. The Balaban J connectivity index is 2.04. The van der Waals surface area contributed by atoms with Crippen LogP contribution in [0.1, 0.15) is 47.0 Å². The van der Waals surface area contributed by atoms with E-state index in [4.69, 9.17) is 9.47 Å². The highest BCUT2D eigenvalue weighted by atomic mass is 16.5. The Hall–Kier alpha value is -2.87. The molecule has 198 valence electrons. The minimum Gasteiger partial charge on any atom is -0.497 e. The van der Waals surface area contributed by atoms with Gasteiger partial charge in [-0.25, -0.2) is 0 Å². The van der Waals surface area contributed by atoms with Gasteiger partial charge in [-0.1, -0.05) is 45.8 Å². The van der Waals surface area contributed by atoms with E-state index in [1.807, 2.05) is 32.9 Å². The number of esters is 1. The van der Waals surface area contributed by atoms with Crippen LogP contribution in [0.25, 0.3) is 0 Å². The van der Waals surface area contributed by atoms with E-state index in [0.717, 1.165) is 19.3 Å². The number of nitrogens with zero attached hydrogens (tertiary/aromatic N) is 1. The number of rotatable bonds is 11. The lowest BCUT2D eigenvalue weighted by Crippen LogP contribution is -2.52. The topological polar surface area (TPSA) is 105 Å². The van der Waals surface area contributed by atoms with Crippen LogP contribution in [0.3, 0.4) is 0 Å². The number of hydrogen-bond acceptors (Lipinski definition) is 6. The molecule has 1 fully saturated rings. The summed E-state index contributed by atoms with van der Waals surface area (Å²) in [6, 6.07) is 5.58. The number of allylic oxidation sites excluding steroid dienone is 1. The quantitative estimate of drug-likeness (QED) is 0.355. The molecule has 1 heterocycles. The monoisotopic (exact) mass is 500 g/mol. The summed E-state index contributed by atoms with van der Waals surface area (Å²) in [6.07, 6.45) is 6.24. The van der Waals surface area contributed by atoms with Crippen molar-refractivity contribution >= 4 is 23.5 Å². The van der Waals surface area contributed by atoms with Crippen LogP contribution < -0.4 is 10.1 Å². The first-order chi connectivity index (χ1) is 17.3. The molecule has 0 spiro atoms. The first-order valence-electron chi connectivity index (χ1n) is 13.1. The van der Waals surface area contributed by atoms with E-state index in [2.05, 4.69) is 5.32 Å². The number of benzene rings is 1. The Kier molecular flexibility index (Phi) is 9.54. The third kappa shape index (κ3) is 5.43. The lowest BCUT2D eigenvalue weighted by molar-refractivity contribution is -0.156. The second-order valence-corrected chi connectivity index (χ2v) is 9.76. The number of carbonyl (C=O) groups is 3. The molecule has 2 N–H and O–H groups in total. The van der Waals surface area contributed by atoms with Gasteiger partial charge in [-0.2, -0.15) is 0 Å². The van der Waals surface area contributed by atoms with Crippen LogP contribution in [-0.2, 0) is 19.1 Å². The fraction of sp³-hybridized carbons (Fsp3) is 0.607. The van der Waals surface area contributed by atoms with Gasteiger partial charge in [0, 0.05) is 11.6 Å². The molecule has 8 heteroatoms. The lowest BCUT2D eigenvalue weighted by Gasteiger charge is -2.36. The van der Waals surface area contributed by atoms with Gasteiger partial charge in [-0.3, -0.25) is 14.4 Å². The average Bonchev–Trinajstić information content (AvgIpc) is 3.17. The zero-order valence-corrected chi connectivity index (χ0v) is 22.0. The van der Waals surface area contributed by atoms with Crippen LogP contribution in [0, 0.1) is 29.6 Å². The molecule has 7 atom stereocenters. The highest BCUT2D eigenvalue weighted by Crippen LogP contribution is 2.47. The molecule has 1 aliphatic carbocycles. The normalized spacial score (nSPS) is 26.8. The van der Waals surface area contributed by atoms with Crippen LogP contribution >= 0.6 is 0 Å². The van der Waals surface area contributed by atoms with E-state index in [1.165, 1.54) is 0 Å². The van der Waals surface area contributed by atoms with Crippen LogP contribution in [0.15, 0.2) is 36.4 Å². The highest BCUT2D eigenvalue weighted by molar-refractivity contribution is 6.01. The number of aliphatic hydroxyl groups is 1. The molecule has 0 aromatic heterocycles. The molecule has 1 aliphatic heterocycles. The van der Waals surface area contributed by atoms with Crippen molar-refractivity contribution < 1.29 is 29.0 Å². The minimum atomic E-state index is -0.855. The fourth-order valence-electron chi connectivity index (χ4n) is 5.68. The van der Waals surface area contributed by atoms with Gasteiger partial charge in [-0.15, -0.1) is 0 Å². The van der Waals surface area contributed by atoms with Crippen LogP contribution in [-0.4, -0.2) is 60.2 Å². The van der Waals surface area contributed by atoms with Gasteiger partial charge >= 0.3 is 5.97 Å². The molecular formula is C28H40N2O6. The second-order valence-electron chi connectivity index (χ2n) is 9.76. The predicted molar refractivity (Wildman–Crippen MR) is 137 cm³/mol.